The number of rotatable bonds is 5. The molecule has 4 amide bonds. The molecule has 9 heteroatoms. The summed E-state index contributed by atoms with van der Waals surface area (Å²) in [6.07, 6.45) is 0.180. The van der Waals surface area contributed by atoms with Crippen LogP contribution in [0.5, 0.6) is 5.75 Å². The lowest BCUT2D eigenvalue weighted by molar-refractivity contribution is -0.136. The molecular formula is C19H21N3O6. The molecule has 0 spiro atoms. The highest BCUT2D eigenvalue weighted by Crippen LogP contribution is 2.40. The molecule has 4 atom stereocenters. The second-order valence-electron chi connectivity index (χ2n) is 7.32. The van der Waals surface area contributed by atoms with Crippen molar-refractivity contribution in [1.82, 2.24) is 15.1 Å². The Morgan fingerprint density at radius 3 is 2.57 bits per heavy atom. The molecule has 0 aliphatic carbocycles. The van der Waals surface area contributed by atoms with Gasteiger partial charge in [-0.3, -0.25) is 29.4 Å². The zero-order valence-corrected chi connectivity index (χ0v) is 15.6. The highest BCUT2D eigenvalue weighted by Gasteiger charge is 2.55. The van der Waals surface area contributed by atoms with Crippen LogP contribution in [0.2, 0.25) is 0 Å². The zero-order chi connectivity index (χ0) is 20.2. The smallest absolute Gasteiger partial charge is 0.262 e. The first-order valence-electron chi connectivity index (χ1n) is 9.27. The van der Waals surface area contributed by atoms with Crippen LogP contribution in [0.3, 0.4) is 0 Å². The van der Waals surface area contributed by atoms with Crippen molar-refractivity contribution in [3.63, 3.8) is 0 Å². The van der Waals surface area contributed by atoms with Gasteiger partial charge in [0.2, 0.25) is 11.8 Å². The molecule has 2 fully saturated rings. The van der Waals surface area contributed by atoms with E-state index >= 15 is 0 Å². The number of nitrogens with zero attached hydrogens (tertiary/aromatic N) is 2. The summed E-state index contributed by atoms with van der Waals surface area (Å²) in [6.45, 7) is 4.16. The number of benzene rings is 1. The lowest BCUT2D eigenvalue weighted by Crippen LogP contribution is -2.54. The average Bonchev–Trinajstić information content (AvgIpc) is 3.32. The van der Waals surface area contributed by atoms with Crippen molar-refractivity contribution in [2.45, 2.75) is 51.1 Å². The SMILES string of the molecule is CCC1(Oc2ccc3c(c2)C(=O)N(C2CCC(=O)NC2=O)C3=O)CN1C(C)O. The van der Waals surface area contributed by atoms with Crippen LogP contribution < -0.4 is 10.1 Å². The van der Waals surface area contributed by atoms with Gasteiger partial charge in [0.05, 0.1) is 17.7 Å². The van der Waals surface area contributed by atoms with Crippen LogP contribution in [0, 0.1) is 0 Å². The van der Waals surface area contributed by atoms with E-state index < -0.39 is 41.6 Å². The lowest BCUT2D eigenvalue weighted by atomic mass is 10.0. The molecule has 2 saturated heterocycles. The van der Waals surface area contributed by atoms with E-state index in [4.69, 9.17) is 4.74 Å². The number of carbonyl (C=O) groups excluding carboxylic acids is 4. The number of ether oxygens (including phenoxy) is 1. The van der Waals surface area contributed by atoms with Gasteiger partial charge in [0, 0.05) is 6.42 Å². The van der Waals surface area contributed by atoms with Crippen LogP contribution in [0.4, 0.5) is 0 Å². The number of aliphatic hydroxyl groups is 1. The van der Waals surface area contributed by atoms with Gasteiger partial charge in [-0.15, -0.1) is 0 Å². The summed E-state index contributed by atoms with van der Waals surface area (Å²) < 4.78 is 6.02. The molecule has 0 radical (unpaired) electrons. The Kier molecular flexibility index (Phi) is 4.24. The van der Waals surface area contributed by atoms with E-state index in [1.807, 2.05) is 6.92 Å². The number of imide groups is 2. The summed E-state index contributed by atoms with van der Waals surface area (Å²) in [5, 5.41) is 11.9. The van der Waals surface area contributed by atoms with Crippen LogP contribution in [-0.4, -0.2) is 63.1 Å². The number of amides is 4. The molecule has 2 N–H and O–H groups in total. The van der Waals surface area contributed by atoms with Gasteiger partial charge in [-0.1, -0.05) is 6.92 Å². The normalized spacial score (nSPS) is 30.2. The molecule has 0 aromatic heterocycles. The number of hydrogen-bond donors (Lipinski definition) is 2. The number of carbonyl (C=O) groups is 4. The fraction of sp³-hybridized carbons (Fsp3) is 0.474. The molecule has 4 rings (SSSR count). The summed E-state index contributed by atoms with van der Waals surface area (Å²) in [5.41, 5.74) is -0.254. The Morgan fingerprint density at radius 1 is 1.25 bits per heavy atom. The summed E-state index contributed by atoms with van der Waals surface area (Å²) in [5.74, 6) is -1.77. The van der Waals surface area contributed by atoms with Crippen LogP contribution in [0.1, 0.15) is 53.8 Å². The summed E-state index contributed by atoms with van der Waals surface area (Å²) in [4.78, 5) is 51.7. The highest BCUT2D eigenvalue weighted by atomic mass is 16.5. The van der Waals surface area contributed by atoms with Crippen molar-refractivity contribution in [3.05, 3.63) is 29.3 Å². The van der Waals surface area contributed by atoms with E-state index in [1.165, 1.54) is 12.1 Å². The van der Waals surface area contributed by atoms with Crippen molar-refractivity contribution in [3.8, 4) is 5.75 Å². The van der Waals surface area contributed by atoms with Gasteiger partial charge < -0.3 is 9.84 Å². The third-order valence-electron chi connectivity index (χ3n) is 5.56. The molecule has 1 aromatic carbocycles. The second-order valence-corrected chi connectivity index (χ2v) is 7.32. The first kappa shape index (κ1) is 18.6. The van der Waals surface area contributed by atoms with Gasteiger partial charge in [0.25, 0.3) is 11.8 Å². The van der Waals surface area contributed by atoms with E-state index in [1.54, 1.807) is 17.9 Å². The second kappa shape index (κ2) is 6.39. The van der Waals surface area contributed by atoms with Gasteiger partial charge in [-0.05, 0) is 38.0 Å². The summed E-state index contributed by atoms with van der Waals surface area (Å²) in [7, 11) is 0. The maximum absolute atomic E-state index is 12.8. The van der Waals surface area contributed by atoms with Gasteiger partial charge in [0.15, 0.2) is 5.72 Å². The van der Waals surface area contributed by atoms with Gasteiger partial charge in [-0.2, -0.15) is 0 Å². The van der Waals surface area contributed by atoms with Crippen molar-refractivity contribution >= 4 is 23.6 Å². The molecule has 3 aliphatic rings. The van der Waals surface area contributed by atoms with Crippen LogP contribution in [-0.2, 0) is 9.59 Å². The maximum Gasteiger partial charge on any atom is 0.262 e. The highest BCUT2D eigenvalue weighted by molar-refractivity contribution is 6.23. The third-order valence-corrected chi connectivity index (χ3v) is 5.56. The van der Waals surface area contributed by atoms with Gasteiger partial charge >= 0.3 is 0 Å². The minimum Gasteiger partial charge on any atom is -0.471 e. The molecule has 9 nitrogen and oxygen atoms in total. The monoisotopic (exact) mass is 387 g/mol. The minimum atomic E-state index is -0.995. The fourth-order valence-electron chi connectivity index (χ4n) is 3.91. The van der Waals surface area contributed by atoms with Crippen molar-refractivity contribution in [1.29, 1.82) is 0 Å². The van der Waals surface area contributed by atoms with Gasteiger partial charge in [-0.25, -0.2) is 4.90 Å². The standard InChI is InChI=1S/C19H21N3O6/c1-3-19(9-21(19)10(2)23)28-11-4-5-12-13(8-11)18(27)22(17(12)26)14-6-7-15(24)20-16(14)25/h4-5,8,10,14,23H,3,6-7,9H2,1-2H3,(H,20,24,25). The summed E-state index contributed by atoms with van der Waals surface area (Å²) in [6, 6.07) is 3.62. The predicted octanol–water partition coefficient (Wildman–Crippen LogP) is 0.227. The zero-order valence-electron chi connectivity index (χ0n) is 15.6. The van der Waals surface area contributed by atoms with Gasteiger partial charge in [0.1, 0.15) is 18.0 Å². The number of aliphatic hydroxyl groups excluding tert-OH is 1. The number of fused-ring (bicyclic) bond motifs is 1. The Hall–Kier alpha value is -2.78. The van der Waals surface area contributed by atoms with E-state index in [0.29, 0.717) is 18.7 Å². The Labute approximate surface area is 161 Å². The van der Waals surface area contributed by atoms with E-state index in [-0.39, 0.29) is 24.0 Å². The molecule has 4 unspecified atom stereocenters. The van der Waals surface area contributed by atoms with E-state index in [9.17, 15) is 24.3 Å². The van der Waals surface area contributed by atoms with Crippen LogP contribution >= 0.6 is 0 Å². The van der Waals surface area contributed by atoms with Crippen molar-refractivity contribution in [2.24, 2.45) is 0 Å². The van der Waals surface area contributed by atoms with Crippen molar-refractivity contribution < 1.29 is 29.0 Å². The summed E-state index contributed by atoms with van der Waals surface area (Å²) >= 11 is 0. The van der Waals surface area contributed by atoms with E-state index in [2.05, 4.69) is 5.32 Å². The molecule has 1 aromatic rings. The Bertz CT molecular complexity index is 898. The van der Waals surface area contributed by atoms with E-state index in [0.717, 1.165) is 4.90 Å². The number of piperidine rings is 1. The van der Waals surface area contributed by atoms with Crippen LogP contribution in [0.15, 0.2) is 18.2 Å². The Balaban J connectivity index is 1.58. The predicted molar refractivity (Wildman–Crippen MR) is 95.2 cm³/mol. The molecular weight excluding hydrogens is 366 g/mol. The first-order valence-corrected chi connectivity index (χ1v) is 9.27. The first-order chi connectivity index (χ1) is 13.3. The fourth-order valence-corrected chi connectivity index (χ4v) is 3.91. The van der Waals surface area contributed by atoms with Crippen LogP contribution in [0.25, 0.3) is 0 Å². The Morgan fingerprint density at radius 2 is 1.96 bits per heavy atom. The largest absolute Gasteiger partial charge is 0.471 e. The third kappa shape index (κ3) is 2.78. The molecule has 3 heterocycles. The lowest BCUT2D eigenvalue weighted by Gasteiger charge is -2.27. The molecule has 148 valence electrons. The molecule has 28 heavy (non-hydrogen) atoms. The molecule has 0 saturated carbocycles. The number of hydrogen-bond acceptors (Lipinski definition) is 7. The number of nitrogens with one attached hydrogen (secondary N) is 1. The topological polar surface area (TPSA) is 116 Å². The minimum absolute atomic E-state index is 0.0758. The maximum atomic E-state index is 12.8. The molecule has 3 aliphatic heterocycles. The average molecular weight is 387 g/mol. The molecule has 0 bridgehead atoms. The van der Waals surface area contributed by atoms with Crippen molar-refractivity contribution in [2.75, 3.05) is 6.54 Å². The quantitative estimate of drug-likeness (QED) is 0.549.